The fourth-order valence-corrected chi connectivity index (χ4v) is 3.39. The van der Waals surface area contributed by atoms with Crippen molar-refractivity contribution in [2.24, 2.45) is 0 Å². The second-order valence-electron chi connectivity index (χ2n) is 7.35. The standard InChI is InChI=1S/C21H33N3O2/c1-3-4-6-9-17(2)22-20(25)16-24-14-12-19(13-15-24)23-21(26)18-10-7-5-8-11-18/h5,7-8,10-11,17,19H,3-4,6,9,12-16H2,1-2H3,(H,22,25)(H,23,26). The monoisotopic (exact) mass is 359 g/mol. The molecule has 1 aliphatic rings. The van der Waals surface area contributed by atoms with E-state index in [1.54, 1.807) is 0 Å². The third-order valence-corrected chi connectivity index (χ3v) is 4.97. The molecule has 1 aliphatic heterocycles. The van der Waals surface area contributed by atoms with Gasteiger partial charge in [-0.3, -0.25) is 14.5 Å². The molecule has 1 unspecified atom stereocenters. The summed E-state index contributed by atoms with van der Waals surface area (Å²) in [6.45, 7) is 6.42. The lowest BCUT2D eigenvalue weighted by Gasteiger charge is -2.32. The van der Waals surface area contributed by atoms with Gasteiger partial charge in [0.1, 0.15) is 0 Å². The van der Waals surface area contributed by atoms with Crippen LogP contribution in [0.3, 0.4) is 0 Å². The number of carbonyl (C=O) groups is 2. The van der Waals surface area contributed by atoms with Crippen LogP contribution in [-0.2, 0) is 4.79 Å². The first-order chi connectivity index (χ1) is 12.6. The first-order valence-electron chi connectivity index (χ1n) is 9.96. The SMILES string of the molecule is CCCCCC(C)NC(=O)CN1CCC(NC(=O)c2ccccc2)CC1. The summed E-state index contributed by atoms with van der Waals surface area (Å²) in [6, 6.07) is 9.75. The minimum Gasteiger partial charge on any atom is -0.353 e. The highest BCUT2D eigenvalue weighted by molar-refractivity contribution is 5.94. The van der Waals surface area contributed by atoms with E-state index < -0.39 is 0 Å². The fraction of sp³-hybridized carbons (Fsp3) is 0.619. The smallest absolute Gasteiger partial charge is 0.251 e. The van der Waals surface area contributed by atoms with Crippen LogP contribution in [-0.4, -0.2) is 48.4 Å². The molecule has 0 saturated carbocycles. The van der Waals surface area contributed by atoms with E-state index in [1.807, 2.05) is 30.3 Å². The van der Waals surface area contributed by atoms with E-state index in [1.165, 1.54) is 19.3 Å². The van der Waals surface area contributed by atoms with Gasteiger partial charge in [0.2, 0.25) is 5.91 Å². The fourth-order valence-electron chi connectivity index (χ4n) is 3.39. The number of hydrogen-bond acceptors (Lipinski definition) is 3. The molecule has 1 heterocycles. The first kappa shape index (κ1) is 20.4. The minimum atomic E-state index is -0.0114. The van der Waals surface area contributed by atoms with Crippen LogP contribution in [0.25, 0.3) is 0 Å². The van der Waals surface area contributed by atoms with E-state index in [2.05, 4.69) is 29.4 Å². The van der Waals surface area contributed by atoms with Crippen molar-refractivity contribution in [1.29, 1.82) is 0 Å². The van der Waals surface area contributed by atoms with Gasteiger partial charge in [0.05, 0.1) is 6.54 Å². The molecule has 1 atom stereocenters. The number of nitrogens with one attached hydrogen (secondary N) is 2. The predicted octanol–water partition coefficient (Wildman–Crippen LogP) is 2.97. The number of hydrogen-bond donors (Lipinski definition) is 2. The third kappa shape index (κ3) is 7.16. The second kappa shape index (κ2) is 11.0. The lowest BCUT2D eigenvalue weighted by atomic mass is 10.0. The van der Waals surface area contributed by atoms with Crippen LogP contribution < -0.4 is 10.6 Å². The average molecular weight is 360 g/mol. The van der Waals surface area contributed by atoms with E-state index >= 15 is 0 Å². The Labute approximate surface area is 157 Å². The summed E-state index contributed by atoms with van der Waals surface area (Å²) in [7, 11) is 0. The van der Waals surface area contributed by atoms with Gasteiger partial charge in [0.15, 0.2) is 0 Å². The molecule has 0 radical (unpaired) electrons. The molecule has 1 saturated heterocycles. The summed E-state index contributed by atoms with van der Waals surface area (Å²) < 4.78 is 0. The van der Waals surface area contributed by atoms with Crippen molar-refractivity contribution in [2.45, 2.75) is 64.5 Å². The van der Waals surface area contributed by atoms with Crippen LogP contribution in [0.1, 0.15) is 62.7 Å². The number of piperidine rings is 1. The molecular weight excluding hydrogens is 326 g/mol. The molecule has 2 amide bonds. The van der Waals surface area contributed by atoms with Crippen molar-refractivity contribution in [1.82, 2.24) is 15.5 Å². The van der Waals surface area contributed by atoms with Gasteiger partial charge in [-0.1, -0.05) is 44.4 Å². The van der Waals surface area contributed by atoms with E-state index in [0.29, 0.717) is 12.1 Å². The van der Waals surface area contributed by atoms with Gasteiger partial charge in [-0.05, 0) is 38.3 Å². The largest absolute Gasteiger partial charge is 0.353 e. The number of unbranched alkanes of at least 4 members (excludes halogenated alkanes) is 2. The Balaban J connectivity index is 1.65. The zero-order chi connectivity index (χ0) is 18.8. The van der Waals surface area contributed by atoms with Gasteiger partial charge in [-0.25, -0.2) is 0 Å². The Morgan fingerprint density at radius 3 is 2.50 bits per heavy atom. The van der Waals surface area contributed by atoms with Crippen LogP contribution in [0.4, 0.5) is 0 Å². The number of amides is 2. The summed E-state index contributed by atoms with van der Waals surface area (Å²) in [5, 5.41) is 6.20. The molecule has 1 aromatic rings. The van der Waals surface area contributed by atoms with Gasteiger partial charge in [0.25, 0.3) is 5.91 Å². The van der Waals surface area contributed by atoms with Crippen molar-refractivity contribution in [3.63, 3.8) is 0 Å². The third-order valence-electron chi connectivity index (χ3n) is 4.97. The topological polar surface area (TPSA) is 61.4 Å². The zero-order valence-electron chi connectivity index (χ0n) is 16.2. The summed E-state index contributed by atoms with van der Waals surface area (Å²) in [6.07, 6.45) is 6.42. The number of carbonyl (C=O) groups excluding carboxylic acids is 2. The zero-order valence-corrected chi connectivity index (χ0v) is 16.2. The molecule has 2 N–H and O–H groups in total. The van der Waals surface area contributed by atoms with E-state index in [4.69, 9.17) is 0 Å². The van der Waals surface area contributed by atoms with Gasteiger partial charge in [0, 0.05) is 30.7 Å². The molecule has 144 valence electrons. The number of rotatable bonds is 9. The molecule has 2 rings (SSSR count). The maximum atomic E-state index is 12.2. The highest BCUT2D eigenvalue weighted by Crippen LogP contribution is 2.11. The molecule has 26 heavy (non-hydrogen) atoms. The number of nitrogens with zero attached hydrogens (tertiary/aromatic N) is 1. The van der Waals surface area contributed by atoms with Crippen molar-refractivity contribution in [3.05, 3.63) is 35.9 Å². The lowest BCUT2D eigenvalue weighted by Crippen LogP contribution is -2.48. The van der Waals surface area contributed by atoms with Crippen molar-refractivity contribution in [3.8, 4) is 0 Å². The number of benzene rings is 1. The van der Waals surface area contributed by atoms with Crippen LogP contribution in [0.15, 0.2) is 30.3 Å². The molecular formula is C21H33N3O2. The van der Waals surface area contributed by atoms with Gasteiger partial charge in [-0.2, -0.15) is 0 Å². The van der Waals surface area contributed by atoms with Gasteiger partial charge >= 0.3 is 0 Å². The number of likely N-dealkylation sites (tertiary alicyclic amines) is 1. The highest BCUT2D eigenvalue weighted by Gasteiger charge is 2.22. The maximum absolute atomic E-state index is 12.2. The molecule has 5 heteroatoms. The molecule has 0 bridgehead atoms. The van der Waals surface area contributed by atoms with Gasteiger partial charge < -0.3 is 10.6 Å². The summed E-state index contributed by atoms with van der Waals surface area (Å²) in [5.74, 6) is 0.100. The molecule has 1 fully saturated rings. The highest BCUT2D eigenvalue weighted by atomic mass is 16.2. The van der Waals surface area contributed by atoms with Crippen LogP contribution in [0.5, 0.6) is 0 Å². The van der Waals surface area contributed by atoms with E-state index in [0.717, 1.165) is 32.4 Å². The molecule has 0 aliphatic carbocycles. The second-order valence-corrected chi connectivity index (χ2v) is 7.35. The summed E-state index contributed by atoms with van der Waals surface area (Å²) >= 11 is 0. The molecule has 1 aromatic carbocycles. The van der Waals surface area contributed by atoms with E-state index in [-0.39, 0.29) is 23.9 Å². The Morgan fingerprint density at radius 1 is 1.15 bits per heavy atom. The Morgan fingerprint density at radius 2 is 1.85 bits per heavy atom. The summed E-state index contributed by atoms with van der Waals surface area (Å²) in [5.41, 5.74) is 0.700. The van der Waals surface area contributed by atoms with Crippen LogP contribution in [0, 0.1) is 0 Å². The first-order valence-corrected chi connectivity index (χ1v) is 9.96. The minimum absolute atomic E-state index is 0.0114. The quantitative estimate of drug-likeness (QED) is 0.667. The Hall–Kier alpha value is -1.88. The summed E-state index contributed by atoms with van der Waals surface area (Å²) in [4.78, 5) is 26.6. The Bertz CT molecular complexity index is 554. The van der Waals surface area contributed by atoms with Crippen molar-refractivity contribution >= 4 is 11.8 Å². The van der Waals surface area contributed by atoms with Gasteiger partial charge in [-0.15, -0.1) is 0 Å². The van der Waals surface area contributed by atoms with Crippen molar-refractivity contribution < 1.29 is 9.59 Å². The molecule has 0 spiro atoms. The predicted molar refractivity (Wildman–Crippen MR) is 105 cm³/mol. The molecule has 0 aromatic heterocycles. The van der Waals surface area contributed by atoms with Crippen LogP contribution in [0.2, 0.25) is 0 Å². The lowest BCUT2D eigenvalue weighted by molar-refractivity contribution is -0.123. The van der Waals surface area contributed by atoms with Crippen LogP contribution >= 0.6 is 0 Å². The average Bonchev–Trinajstić information content (AvgIpc) is 2.64. The van der Waals surface area contributed by atoms with Crippen molar-refractivity contribution in [2.75, 3.05) is 19.6 Å². The molecule has 5 nitrogen and oxygen atoms in total. The normalized spacial score (nSPS) is 16.8. The Kier molecular flexibility index (Phi) is 8.62. The maximum Gasteiger partial charge on any atom is 0.251 e. The van der Waals surface area contributed by atoms with E-state index in [9.17, 15) is 9.59 Å².